The van der Waals surface area contributed by atoms with Crippen molar-refractivity contribution in [1.82, 2.24) is 0 Å². The zero-order valence-electron chi connectivity index (χ0n) is 61.1. The van der Waals surface area contributed by atoms with Gasteiger partial charge in [0.25, 0.3) is 0 Å². The van der Waals surface area contributed by atoms with Crippen LogP contribution in [-0.4, -0.2) is 95.9 Å². The lowest BCUT2D eigenvalue weighted by Crippen LogP contribution is -2.30. The van der Waals surface area contributed by atoms with E-state index in [2.05, 4.69) is 191 Å². The van der Waals surface area contributed by atoms with E-state index in [1.54, 1.807) is 0 Å². The Balaban J connectivity index is 4.67. The van der Waals surface area contributed by atoms with E-state index in [1.165, 1.54) is 25.7 Å². The maximum Gasteiger partial charge on any atom is 0.472 e. The van der Waals surface area contributed by atoms with Gasteiger partial charge in [0.1, 0.15) is 25.4 Å². The van der Waals surface area contributed by atoms with E-state index < -0.39 is 91.5 Å². The van der Waals surface area contributed by atoms with E-state index in [9.17, 15) is 43.5 Å². The van der Waals surface area contributed by atoms with Gasteiger partial charge in [-0.1, -0.05) is 268 Å². The predicted octanol–water partition coefficient (Wildman–Crippen LogP) is 21.6. The summed E-state index contributed by atoms with van der Waals surface area (Å²) >= 11 is 0. The molecule has 0 heterocycles. The quantitative estimate of drug-likeness (QED) is 0.0146. The normalized spacial score (nSPS) is 15.0. The van der Waals surface area contributed by atoms with Crippen molar-refractivity contribution < 1.29 is 75.8 Å². The highest BCUT2D eigenvalue weighted by Gasteiger charge is 2.29. The third kappa shape index (κ3) is 73.9. The van der Waals surface area contributed by atoms with E-state index in [0.717, 1.165) is 180 Å². The van der Waals surface area contributed by atoms with Crippen LogP contribution in [0.3, 0.4) is 0 Å². The van der Waals surface area contributed by atoms with Gasteiger partial charge in [-0.05, 0) is 148 Å². The molecule has 0 aromatic rings. The van der Waals surface area contributed by atoms with E-state index in [0.29, 0.717) is 19.3 Å². The molecule has 0 aliphatic rings. The molecule has 16 nitrogen and oxygen atoms in total. The molecule has 0 saturated carbocycles. The minimum Gasteiger partial charge on any atom is -0.463 e. The van der Waals surface area contributed by atoms with Gasteiger partial charge in [0.05, 0.1) is 26.4 Å². The fraction of sp³-hybridized carbons (Fsp3) is 0.617. The van der Waals surface area contributed by atoms with Crippen LogP contribution in [0.1, 0.15) is 265 Å². The van der Waals surface area contributed by atoms with Crippen LogP contribution in [0.15, 0.2) is 170 Å². The molecule has 0 aliphatic heterocycles. The molecule has 0 aliphatic carbocycles. The van der Waals surface area contributed by atoms with Crippen molar-refractivity contribution in [2.45, 2.75) is 283 Å². The van der Waals surface area contributed by atoms with Gasteiger partial charge in [0, 0.05) is 19.3 Å². The molecule has 18 heteroatoms. The van der Waals surface area contributed by atoms with Crippen molar-refractivity contribution in [2.75, 3.05) is 39.6 Å². The zero-order valence-corrected chi connectivity index (χ0v) is 62.9. The van der Waals surface area contributed by atoms with Gasteiger partial charge in [0.2, 0.25) is 0 Å². The highest BCUT2D eigenvalue weighted by atomic mass is 31.2. The smallest absolute Gasteiger partial charge is 0.463 e. The van der Waals surface area contributed by atoms with E-state index >= 15 is 0 Å². The number of esters is 3. The second-order valence-electron chi connectivity index (χ2n) is 24.3. The molecular weight excluding hydrogens is 1290 g/mol. The summed E-state index contributed by atoms with van der Waals surface area (Å²) in [5, 5.41) is 20.6. The first-order valence-corrected chi connectivity index (χ1v) is 40.4. The molecule has 5 unspecified atom stereocenters. The Morgan fingerprint density at radius 1 is 0.283 bits per heavy atom. The highest BCUT2D eigenvalue weighted by Crippen LogP contribution is 2.45. The van der Waals surface area contributed by atoms with Crippen molar-refractivity contribution in [3.63, 3.8) is 0 Å². The molecule has 0 radical (unpaired) electrons. The Morgan fingerprint density at radius 3 is 0.798 bits per heavy atom. The van der Waals surface area contributed by atoms with Gasteiger partial charge < -0.3 is 34.2 Å². The third-order valence-corrected chi connectivity index (χ3v) is 16.8. The van der Waals surface area contributed by atoms with Crippen LogP contribution in [0.4, 0.5) is 0 Å². The number of phosphoric ester groups is 2. The molecule has 0 saturated heterocycles. The van der Waals surface area contributed by atoms with Gasteiger partial charge in [0.15, 0.2) is 6.10 Å². The Bertz CT molecular complexity index is 2480. The van der Waals surface area contributed by atoms with E-state index in [1.807, 2.05) is 0 Å². The van der Waals surface area contributed by atoms with Gasteiger partial charge in [-0.15, -0.1) is 0 Å². The Kier molecular flexibility index (Phi) is 69.0. The first-order valence-electron chi connectivity index (χ1n) is 37.4. The van der Waals surface area contributed by atoms with E-state index in [-0.39, 0.29) is 19.3 Å². The van der Waals surface area contributed by atoms with Gasteiger partial charge in [-0.3, -0.25) is 32.5 Å². The zero-order chi connectivity index (χ0) is 72.3. The van der Waals surface area contributed by atoms with Crippen LogP contribution in [0.2, 0.25) is 0 Å². The summed E-state index contributed by atoms with van der Waals surface area (Å²) in [4.78, 5) is 58.6. The molecule has 5 atom stereocenters. The molecule has 0 rings (SSSR count). The number of carbonyl (C=O) groups excluding carboxylic acids is 3. The molecule has 99 heavy (non-hydrogen) atoms. The average molecular weight is 1420 g/mol. The molecule has 4 N–H and O–H groups in total. The van der Waals surface area contributed by atoms with Crippen LogP contribution in [0, 0.1) is 0 Å². The van der Waals surface area contributed by atoms with Crippen LogP contribution < -0.4 is 0 Å². The Hall–Kier alpha value is -5.09. The maximum atomic E-state index is 13.0. The number of allylic oxidation sites excluding steroid dienone is 28. The minimum absolute atomic E-state index is 0.0725. The van der Waals surface area contributed by atoms with Crippen molar-refractivity contribution >= 4 is 33.6 Å². The second kappa shape index (κ2) is 72.7. The summed E-state index contributed by atoms with van der Waals surface area (Å²) in [6.07, 6.45) is 91.1. The number of rotatable bonds is 69. The van der Waals surface area contributed by atoms with Gasteiger partial charge in [-0.25, -0.2) is 9.13 Å². The number of aliphatic hydroxyl groups excluding tert-OH is 2. The summed E-state index contributed by atoms with van der Waals surface area (Å²) in [5.74, 6) is -1.64. The lowest BCUT2D eigenvalue weighted by atomic mass is 10.1. The first kappa shape index (κ1) is 93.9. The average Bonchev–Trinajstić information content (AvgIpc) is 1.84. The summed E-state index contributed by atoms with van der Waals surface area (Å²) in [7, 11) is -9.81. The SMILES string of the molecule is CC/C=C\C/C=C\C/C=C\C/C=C\C/C=C\C/C=C\CCCCCCC(=O)OCC(COP(=O)(O)OCC(O)COP(=O)(O)OCC(O)COC(=O)CCCCCCCCCCC/C=C\C/C=C\C/C=C\C/C=C\C/C=C\CC)OC(=O)CCCCCCC/C=C\C/C=C\C/C=C\CC. The largest absolute Gasteiger partial charge is 0.472 e. The topological polar surface area (TPSA) is 231 Å². The molecule has 0 fully saturated rings. The second-order valence-corrected chi connectivity index (χ2v) is 27.2. The lowest BCUT2D eigenvalue weighted by Gasteiger charge is -2.21. The summed E-state index contributed by atoms with van der Waals surface area (Å²) < 4.78 is 61.0. The number of carbonyl (C=O) groups is 3. The lowest BCUT2D eigenvalue weighted by molar-refractivity contribution is -0.161. The van der Waals surface area contributed by atoms with Crippen LogP contribution >= 0.6 is 15.6 Å². The molecule has 0 bridgehead atoms. The Morgan fingerprint density at radius 2 is 0.505 bits per heavy atom. The summed E-state index contributed by atoms with van der Waals surface area (Å²) in [6, 6.07) is 0. The minimum atomic E-state index is -4.95. The predicted molar refractivity (Wildman–Crippen MR) is 408 cm³/mol. The maximum absolute atomic E-state index is 13.0. The molecule has 0 amide bonds. The van der Waals surface area contributed by atoms with Crippen LogP contribution in [-0.2, 0) is 55.8 Å². The fourth-order valence-electron chi connectivity index (χ4n) is 9.32. The number of unbranched alkanes of at least 4 members (excludes halogenated alkanes) is 18. The number of ether oxygens (including phenoxy) is 3. The summed E-state index contributed by atoms with van der Waals surface area (Å²) in [6.45, 7) is 2.26. The highest BCUT2D eigenvalue weighted by molar-refractivity contribution is 7.47. The molecule has 0 spiro atoms. The molecular formula is C81H132O16P2. The van der Waals surface area contributed by atoms with Crippen molar-refractivity contribution in [3.05, 3.63) is 170 Å². The molecule has 0 aromatic heterocycles. The monoisotopic (exact) mass is 1420 g/mol. The van der Waals surface area contributed by atoms with Gasteiger partial charge >= 0.3 is 33.6 Å². The third-order valence-electron chi connectivity index (χ3n) is 14.9. The number of phosphoric acid groups is 2. The van der Waals surface area contributed by atoms with Crippen molar-refractivity contribution in [2.24, 2.45) is 0 Å². The number of hydrogen-bond donors (Lipinski definition) is 4. The van der Waals surface area contributed by atoms with E-state index in [4.69, 9.17) is 32.3 Å². The number of hydrogen-bond acceptors (Lipinski definition) is 14. The van der Waals surface area contributed by atoms with Crippen molar-refractivity contribution in [1.29, 1.82) is 0 Å². The first-order chi connectivity index (χ1) is 48.2. The molecule has 0 aromatic carbocycles. The Labute approximate surface area is 599 Å². The fourth-order valence-corrected chi connectivity index (χ4v) is 10.9. The van der Waals surface area contributed by atoms with Crippen LogP contribution in [0.5, 0.6) is 0 Å². The summed E-state index contributed by atoms with van der Waals surface area (Å²) in [5.41, 5.74) is 0. The molecule has 562 valence electrons. The van der Waals surface area contributed by atoms with Gasteiger partial charge in [-0.2, -0.15) is 0 Å². The van der Waals surface area contributed by atoms with Crippen molar-refractivity contribution in [3.8, 4) is 0 Å². The van der Waals surface area contributed by atoms with Crippen LogP contribution in [0.25, 0.3) is 0 Å². The number of aliphatic hydroxyl groups is 2. The standard InChI is InChI=1S/C81H132O16P2/c1-4-7-10-13-16-19-22-25-28-30-32-34-36-37-39-41-42-44-47-49-52-55-58-61-64-67-79(84)91-70-76(82)71-93-98(87,88)94-72-77(83)73-95-99(89,90)96-75-78(97-81(86)69-66-63-60-57-54-51-46-27-24-21-18-15-12-9-6-3)74-92-80(85)68-65-62-59-56-53-50-48-45-43-40-38-35-33-31-29-26-23-20-17-14-11-8-5-2/h7-12,16-21,25-29,32-35,37,39-40,43,46,48,50,76-78,82-83H,4-6,13-15,22-24,30-31,36,38,41-42,44-45,47,49,51-75H2,1-3H3,(H,87,88)(H,89,90)/b10-7-,11-8-,12-9-,19-16-,20-17-,21-18-,28-25-,29-26-,34-32-,35-33-,39-37-,43-40-,46-27-,50-48-.